The first-order valence-corrected chi connectivity index (χ1v) is 37.4. The molecule has 2 atom stereocenters. The van der Waals surface area contributed by atoms with Crippen LogP contribution in [0.4, 0.5) is 0 Å². The molecule has 0 aromatic heterocycles. The molecule has 0 rings (SSSR count). The summed E-state index contributed by atoms with van der Waals surface area (Å²) in [5.41, 5.74) is 0. The second-order valence-corrected chi connectivity index (χ2v) is 26.0. The predicted octanol–water partition coefficient (Wildman–Crippen LogP) is 24.3. The molecule has 3 N–H and O–H groups in total. The van der Waals surface area contributed by atoms with Crippen LogP contribution in [-0.2, 0) is 14.3 Å². The van der Waals surface area contributed by atoms with Gasteiger partial charge in [-0.1, -0.05) is 379 Å². The number of aliphatic hydroxyl groups is 2. The second kappa shape index (κ2) is 71.1. The molecule has 0 fully saturated rings. The van der Waals surface area contributed by atoms with Gasteiger partial charge in [-0.2, -0.15) is 0 Å². The lowest BCUT2D eigenvalue weighted by Gasteiger charge is -2.22. The summed E-state index contributed by atoms with van der Waals surface area (Å²) in [7, 11) is 0. The summed E-state index contributed by atoms with van der Waals surface area (Å²) in [6.45, 7) is 5.01. The van der Waals surface area contributed by atoms with Crippen molar-refractivity contribution in [3.63, 3.8) is 0 Å². The first-order valence-electron chi connectivity index (χ1n) is 37.4. The van der Waals surface area contributed by atoms with Gasteiger partial charge in [0, 0.05) is 12.8 Å². The van der Waals surface area contributed by atoms with Crippen LogP contribution in [0.1, 0.15) is 431 Å². The van der Waals surface area contributed by atoms with Gasteiger partial charge < -0.3 is 20.3 Å². The van der Waals surface area contributed by atoms with Crippen LogP contribution in [0.2, 0.25) is 0 Å². The number of unbranched alkanes of at least 4 members (excludes halogenated alkanes) is 58. The Kier molecular flexibility index (Phi) is 69.9. The van der Waals surface area contributed by atoms with Gasteiger partial charge in [0.2, 0.25) is 5.91 Å². The number of rotatable bonds is 71. The van der Waals surface area contributed by atoms with E-state index in [4.69, 9.17) is 4.74 Å². The van der Waals surface area contributed by atoms with Crippen molar-refractivity contribution < 1.29 is 24.5 Å². The van der Waals surface area contributed by atoms with Crippen LogP contribution in [-0.4, -0.2) is 47.4 Å². The van der Waals surface area contributed by atoms with Crippen molar-refractivity contribution in [2.75, 3.05) is 13.2 Å². The van der Waals surface area contributed by atoms with Crippen molar-refractivity contribution >= 4 is 11.9 Å². The number of esters is 1. The summed E-state index contributed by atoms with van der Waals surface area (Å²) in [6.07, 6.45) is 88.4. The Morgan fingerprint density at radius 3 is 0.877 bits per heavy atom. The number of ether oxygens (including phenoxy) is 1. The van der Waals surface area contributed by atoms with Crippen molar-refractivity contribution in [2.24, 2.45) is 0 Å². The lowest BCUT2D eigenvalue weighted by molar-refractivity contribution is -0.143. The van der Waals surface area contributed by atoms with Crippen LogP contribution in [0.5, 0.6) is 0 Å². The summed E-state index contributed by atoms with van der Waals surface area (Å²) in [5, 5.41) is 23.4. The van der Waals surface area contributed by atoms with E-state index in [1.807, 2.05) is 0 Å². The first-order chi connectivity index (χ1) is 40.0. The fraction of sp³-hybridized carbons (Fsp3) is 0.947. The van der Waals surface area contributed by atoms with Crippen molar-refractivity contribution in [1.29, 1.82) is 0 Å². The smallest absolute Gasteiger partial charge is 0.305 e. The maximum Gasteiger partial charge on any atom is 0.305 e. The number of allylic oxidation sites excluding steroid dienone is 2. The number of nitrogens with one attached hydrogen (secondary N) is 1. The fourth-order valence-corrected chi connectivity index (χ4v) is 12.1. The highest BCUT2D eigenvalue weighted by Gasteiger charge is 2.20. The maximum absolute atomic E-state index is 12.6. The van der Waals surface area contributed by atoms with Crippen LogP contribution in [0.3, 0.4) is 0 Å². The average molecular weight is 1140 g/mol. The van der Waals surface area contributed by atoms with E-state index in [0.29, 0.717) is 25.9 Å². The molecular formula is C75H147NO5. The van der Waals surface area contributed by atoms with Crippen molar-refractivity contribution in [3.05, 3.63) is 12.2 Å². The molecule has 0 radical (unpaired) electrons. The quantitative estimate of drug-likeness (QED) is 0.0320. The summed E-state index contributed by atoms with van der Waals surface area (Å²) in [6, 6.07) is -0.545. The van der Waals surface area contributed by atoms with Gasteiger partial charge in [-0.3, -0.25) is 9.59 Å². The Morgan fingerprint density at radius 2 is 0.580 bits per heavy atom. The Morgan fingerprint density at radius 1 is 0.333 bits per heavy atom. The zero-order valence-corrected chi connectivity index (χ0v) is 55.3. The molecule has 0 aliphatic heterocycles. The highest BCUT2D eigenvalue weighted by atomic mass is 16.5. The largest absolute Gasteiger partial charge is 0.466 e. The monoisotopic (exact) mass is 1140 g/mol. The molecule has 482 valence electrons. The third-order valence-corrected chi connectivity index (χ3v) is 17.8. The summed E-state index contributed by atoms with van der Waals surface area (Å²) >= 11 is 0. The number of aliphatic hydroxyl groups excluding tert-OH is 2. The van der Waals surface area contributed by atoms with Crippen LogP contribution in [0.25, 0.3) is 0 Å². The number of hydrogen-bond donors (Lipinski definition) is 3. The number of hydrogen-bond acceptors (Lipinski definition) is 5. The zero-order valence-electron chi connectivity index (χ0n) is 55.3. The van der Waals surface area contributed by atoms with E-state index in [2.05, 4.69) is 31.3 Å². The highest BCUT2D eigenvalue weighted by Crippen LogP contribution is 2.20. The second-order valence-electron chi connectivity index (χ2n) is 26.0. The minimum atomic E-state index is -0.668. The molecule has 2 unspecified atom stereocenters. The SMILES string of the molecule is CCCCCCCCCCCCCCCCCCCCCCCCC(O)C(CO)NC(=O)CCCCCCCCCC/C=C\CCCCCCCCCCCCCCOC(=O)CCCCCCCCCCCCCCCCCCCC. The van der Waals surface area contributed by atoms with Gasteiger partial charge in [0.15, 0.2) is 0 Å². The Hall–Kier alpha value is -1.40. The topological polar surface area (TPSA) is 95.9 Å². The van der Waals surface area contributed by atoms with Gasteiger partial charge in [0.25, 0.3) is 0 Å². The highest BCUT2D eigenvalue weighted by molar-refractivity contribution is 5.76. The maximum atomic E-state index is 12.6. The van der Waals surface area contributed by atoms with E-state index < -0.39 is 12.1 Å². The molecule has 0 aromatic carbocycles. The Labute approximate surface area is 508 Å². The van der Waals surface area contributed by atoms with E-state index >= 15 is 0 Å². The van der Waals surface area contributed by atoms with Crippen molar-refractivity contribution in [3.8, 4) is 0 Å². The molecule has 0 saturated heterocycles. The van der Waals surface area contributed by atoms with Crippen LogP contribution < -0.4 is 5.32 Å². The molecule has 0 saturated carbocycles. The Balaban J connectivity index is 3.38. The molecule has 0 heterocycles. The molecule has 0 spiro atoms. The van der Waals surface area contributed by atoms with E-state index in [1.54, 1.807) is 0 Å². The molecule has 6 heteroatoms. The molecule has 0 aliphatic rings. The third-order valence-electron chi connectivity index (χ3n) is 17.8. The molecule has 6 nitrogen and oxygen atoms in total. The van der Waals surface area contributed by atoms with Crippen LogP contribution in [0.15, 0.2) is 12.2 Å². The van der Waals surface area contributed by atoms with E-state index in [0.717, 1.165) is 38.5 Å². The molecule has 1 amide bonds. The van der Waals surface area contributed by atoms with Crippen LogP contribution in [0, 0.1) is 0 Å². The standard InChI is InChI=1S/C75H147NO5/c1-3-5-7-9-11-13-15-17-19-21-23-24-29-32-35-39-43-47-51-55-59-63-67-73(78)72(71-77)76-74(79)68-64-60-56-52-48-44-40-36-33-30-27-25-26-28-31-34-38-42-46-50-54-58-62-66-70-81-75(80)69-65-61-57-53-49-45-41-37-22-20-18-16-14-12-10-8-6-4-2/h27,30,72-73,77-78H,3-26,28-29,31-71H2,1-2H3,(H,76,79)/b30-27-. The van der Waals surface area contributed by atoms with E-state index in [9.17, 15) is 19.8 Å². The molecule has 0 aliphatic carbocycles. The first kappa shape index (κ1) is 79.6. The lowest BCUT2D eigenvalue weighted by atomic mass is 10.0. The van der Waals surface area contributed by atoms with Gasteiger partial charge in [0.05, 0.1) is 25.4 Å². The third kappa shape index (κ3) is 67.6. The summed E-state index contributed by atoms with van der Waals surface area (Å²) < 4.78 is 5.51. The van der Waals surface area contributed by atoms with Gasteiger partial charge in [-0.25, -0.2) is 0 Å². The Bertz CT molecular complexity index is 1220. The van der Waals surface area contributed by atoms with E-state index in [-0.39, 0.29) is 18.5 Å². The number of carbonyl (C=O) groups is 2. The number of carbonyl (C=O) groups excluding carboxylic acids is 2. The number of amides is 1. The fourth-order valence-electron chi connectivity index (χ4n) is 12.1. The van der Waals surface area contributed by atoms with Crippen LogP contribution >= 0.6 is 0 Å². The molecular weight excluding hydrogens is 995 g/mol. The van der Waals surface area contributed by atoms with Gasteiger partial charge in [-0.15, -0.1) is 0 Å². The van der Waals surface area contributed by atoms with Gasteiger partial charge in [0.1, 0.15) is 0 Å². The average Bonchev–Trinajstić information content (AvgIpc) is 3.47. The van der Waals surface area contributed by atoms with Gasteiger partial charge in [-0.05, 0) is 51.4 Å². The van der Waals surface area contributed by atoms with Crippen molar-refractivity contribution in [2.45, 2.75) is 443 Å². The lowest BCUT2D eigenvalue weighted by Crippen LogP contribution is -2.45. The summed E-state index contributed by atoms with van der Waals surface area (Å²) in [4.78, 5) is 24.7. The zero-order chi connectivity index (χ0) is 58.5. The minimum absolute atomic E-state index is 0.0183. The van der Waals surface area contributed by atoms with Gasteiger partial charge >= 0.3 is 5.97 Å². The normalized spacial score (nSPS) is 12.5. The van der Waals surface area contributed by atoms with Crippen molar-refractivity contribution in [1.82, 2.24) is 5.32 Å². The molecule has 0 aromatic rings. The van der Waals surface area contributed by atoms with E-state index in [1.165, 1.54) is 360 Å². The summed E-state index contributed by atoms with van der Waals surface area (Å²) in [5.74, 6) is -0.0158. The minimum Gasteiger partial charge on any atom is -0.466 e. The molecule has 81 heavy (non-hydrogen) atoms. The molecule has 0 bridgehead atoms. The predicted molar refractivity (Wildman–Crippen MR) is 357 cm³/mol.